The van der Waals surface area contributed by atoms with Crippen LogP contribution in [0.3, 0.4) is 0 Å². The van der Waals surface area contributed by atoms with E-state index in [1.807, 2.05) is 0 Å². The molecule has 0 fully saturated rings. The standard InChI is InChI=1S/C17H14F3NO3S/c1-10(17(23)21-13-4-2-3-11(18)7-13)24-16(22)9-25-15-8-12(19)5-6-14(15)20/h2-8,10H,9H2,1H3,(H,21,23)/t10-/m0/s1. The molecule has 0 heterocycles. The minimum absolute atomic E-state index is 0.0335. The second kappa shape index (κ2) is 8.57. The fraction of sp³-hybridized carbons (Fsp3) is 0.176. The highest BCUT2D eigenvalue weighted by molar-refractivity contribution is 8.00. The van der Waals surface area contributed by atoms with Gasteiger partial charge in [0.2, 0.25) is 0 Å². The summed E-state index contributed by atoms with van der Waals surface area (Å²) in [6.45, 7) is 1.35. The lowest BCUT2D eigenvalue weighted by atomic mass is 10.3. The molecule has 4 nitrogen and oxygen atoms in total. The van der Waals surface area contributed by atoms with E-state index < -0.39 is 35.4 Å². The molecule has 0 bridgehead atoms. The van der Waals surface area contributed by atoms with Crippen molar-refractivity contribution in [2.75, 3.05) is 11.1 Å². The maximum Gasteiger partial charge on any atom is 0.317 e. The Balaban J connectivity index is 1.84. The van der Waals surface area contributed by atoms with Crippen molar-refractivity contribution in [3.05, 3.63) is 59.9 Å². The monoisotopic (exact) mass is 369 g/mol. The molecule has 132 valence electrons. The third-order valence-corrected chi connectivity index (χ3v) is 4.01. The summed E-state index contributed by atoms with van der Waals surface area (Å²) in [5.41, 5.74) is 0.226. The molecule has 2 aromatic rings. The van der Waals surface area contributed by atoms with Crippen LogP contribution in [0.4, 0.5) is 18.9 Å². The first-order valence-electron chi connectivity index (χ1n) is 7.19. The average Bonchev–Trinajstić information content (AvgIpc) is 2.55. The minimum atomic E-state index is -1.13. The second-order valence-corrected chi connectivity index (χ2v) is 6.01. The number of ether oxygens (including phenoxy) is 1. The van der Waals surface area contributed by atoms with E-state index >= 15 is 0 Å². The highest BCUT2D eigenvalue weighted by Crippen LogP contribution is 2.23. The molecule has 0 saturated heterocycles. The van der Waals surface area contributed by atoms with Gasteiger partial charge in [-0.05, 0) is 43.3 Å². The molecule has 1 atom stereocenters. The van der Waals surface area contributed by atoms with E-state index in [1.54, 1.807) is 0 Å². The van der Waals surface area contributed by atoms with E-state index in [4.69, 9.17) is 4.74 Å². The van der Waals surface area contributed by atoms with Crippen molar-refractivity contribution in [1.29, 1.82) is 0 Å². The Morgan fingerprint density at radius 1 is 1.12 bits per heavy atom. The highest BCUT2D eigenvalue weighted by Gasteiger charge is 2.18. The second-order valence-electron chi connectivity index (χ2n) is 5.00. The Labute approximate surface area is 146 Å². The van der Waals surface area contributed by atoms with Crippen molar-refractivity contribution in [2.24, 2.45) is 0 Å². The predicted octanol–water partition coefficient (Wildman–Crippen LogP) is 3.77. The Kier molecular flexibility index (Phi) is 6.46. The molecule has 0 aromatic heterocycles. The number of nitrogens with one attached hydrogen (secondary N) is 1. The van der Waals surface area contributed by atoms with Crippen LogP contribution in [0, 0.1) is 17.5 Å². The molecular formula is C17H14F3NO3S. The van der Waals surface area contributed by atoms with Gasteiger partial charge in [-0.3, -0.25) is 9.59 Å². The summed E-state index contributed by atoms with van der Waals surface area (Å²) in [7, 11) is 0. The van der Waals surface area contributed by atoms with Gasteiger partial charge >= 0.3 is 5.97 Å². The van der Waals surface area contributed by atoms with Crippen molar-refractivity contribution in [3.63, 3.8) is 0 Å². The van der Waals surface area contributed by atoms with Crippen LogP contribution in [0.15, 0.2) is 47.4 Å². The van der Waals surface area contributed by atoms with E-state index in [1.165, 1.54) is 25.1 Å². The summed E-state index contributed by atoms with van der Waals surface area (Å²) in [5.74, 6) is -3.50. The zero-order valence-corrected chi connectivity index (χ0v) is 13.9. The SMILES string of the molecule is C[C@H](OC(=O)CSc1cc(F)ccc1F)C(=O)Nc1cccc(F)c1. The quantitative estimate of drug-likeness (QED) is 0.622. The van der Waals surface area contributed by atoms with Gasteiger partial charge in [-0.1, -0.05) is 6.07 Å². The summed E-state index contributed by atoms with van der Waals surface area (Å²) < 4.78 is 44.5. The molecule has 0 aliphatic rings. The number of halogens is 3. The average molecular weight is 369 g/mol. The largest absolute Gasteiger partial charge is 0.452 e. The highest BCUT2D eigenvalue weighted by atomic mass is 32.2. The number of benzene rings is 2. The normalized spacial score (nSPS) is 11.7. The van der Waals surface area contributed by atoms with Gasteiger partial charge in [-0.2, -0.15) is 0 Å². The third-order valence-electron chi connectivity index (χ3n) is 3.01. The first kappa shape index (κ1) is 18.9. The van der Waals surface area contributed by atoms with Crippen LogP contribution >= 0.6 is 11.8 Å². The first-order chi connectivity index (χ1) is 11.8. The molecule has 1 N–H and O–H groups in total. The molecule has 0 aliphatic carbocycles. The molecule has 2 aromatic carbocycles. The third kappa shape index (κ3) is 5.82. The lowest BCUT2D eigenvalue weighted by Crippen LogP contribution is -2.30. The molecule has 2 rings (SSSR count). The number of esters is 1. The molecule has 25 heavy (non-hydrogen) atoms. The zero-order chi connectivity index (χ0) is 18.4. The maximum absolute atomic E-state index is 13.5. The number of hydrogen-bond acceptors (Lipinski definition) is 4. The van der Waals surface area contributed by atoms with Gasteiger partial charge in [0.15, 0.2) is 6.10 Å². The van der Waals surface area contributed by atoms with E-state index in [0.29, 0.717) is 0 Å². The van der Waals surface area contributed by atoms with Crippen LogP contribution < -0.4 is 5.32 Å². The molecule has 0 aliphatic heterocycles. The van der Waals surface area contributed by atoms with Gasteiger partial charge in [-0.25, -0.2) is 13.2 Å². The molecule has 0 spiro atoms. The van der Waals surface area contributed by atoms with Gasteiger partial charge in [0.1, 0.15) is 17.5 Å². The van der Waals surface area contributed by atoms with E-state index in [0.717, 1.165) is 36.0 Å². The maximum atomic E-state index is 13.5. The van der Waals surface area contributed by atoms with E-state index in [-0.39, 0.29) is 16.3 Å². The van der Waals surface area contributed by atoms with Crippen LogP contribution in [0.5, 0.6) is 0 Å². The van der Waals surface area contributed by atoms with Gasteiger partial charge in [0, 0.05) is 10.6 Å². The number of hydrogen-bond donors (Lipinski definition) is 1. The summed E-state index contributed by atoms with van der Waals surface area (Å²) in [6.07, 6.45) is -1.13. The van der Waals surface area contributed by atoms with Crippen molar-refractivity contribution in [3.8, 4) is 0 Å². The van der Waals surface area contributed by atoms with Gasteiger partial charge in [-0.15, -0.1) is 11.8 Å². The fourth-order valence-corrected chi connectivity index (χ4v) is 2.56. The summed E-state index contributed by atoms with van der Waals surface area (Å²) in [6, 6.07) is 8.14. The number of carbonyl (C=O) groups excluding carboxylic acids is 2. The predicted molar refractivity (Wildman–Crippen MR) is 87.7 cm³/mol. The number of thioether (sulfide) groups is 1. The van der Waals surface area contributed by atoms with Crippen LogP contribution in [-0.4, -0.2) is 23.7 Å². The molecule has 0 saturated carbocycles. The number of carbonyl (C=O) groups is 2. The summed E-state index contributed by atoms with van der Waals surface area (Å²) in [5, 5.41) is 2.41. The topological polar surface area (TPSA) is 55.4 Å². The molecular weight excluding hydrogens is 355 g/mol. The zero-order valence-electron chi connectivity index (χ0n) is 13.1. The first-order valence-corrected chi connectivity index (χ1v) is 8.17. The summed E-state index contributed by atoms with van der Waals surface area (Å²) >= 11 is 0.758. The lowest BCUT2D eigenvalue weighted by molar-refractivity contribution is -0.150. The van der Waals surface area contributed by atoms with Crippen molar-refractivity contribution < 1.29 is 27.5 Å². The smallest absolute Gasteiger partial charge is 0.317 e. The van der Waals surface area contributed by atoms with Gasteiger partial charge < -0.3 is 10.1 Å². The fourth-order valence-electron chi connectivity index (χ4n) is 1.82. The van der Waals surface area contributed by atoms with Crippen molar-refractivity contribution >= 4 is 29.3 Å². The Morgan fingerprint density at radius 3 is 2.56 bits per heavy atom. The van der Waals surface area contributed by atoms with Gasteiger partial charge in [0.25, 0.3) is 5.91 Å². The molecule has 1 amide bonds. The molecule has 0 unspecified atom stereocenters. The number of anilines is 1. The number of amides is 1. The van der Waals surface area contributed by atoms with Crippen LogP contribution in [-0.2, 0) is 14.3 Å². The number of rotatable bonds is 6. The summed E-state index contributed by atoms with van der Waals surface area (Å²) in [4.78, 5) is 23.6. The van der Waals surface area contributed by atoms with Crippen molar-refractivity contribution in [2.45, 2.75) is 17.9 Å². The van der Waals surface area contributed by atoms with E-state index in [2.05, 4.69) is 5.32 Å². The Hall–Kier alpha value is -2.48. The Morgan fingerprint density at radius 2 is 1.84 bits per heavy atom. The molecule has 8 heteroatoms. The van der Waals surface area contributed by atoms with Crippen molar-refractivity contribution in [1.82, 2.24) is 0 Å². The molecule has 0 radical (unpaired) electrons. The van der Waals surface area contributed by atoms with E-state index in [9.17, 15) is 22.8 Å². The minimum Gasteiger partial charge on any atom is -0.452 e. The van der Waals surface area contributed by atoms with Crippen LogP contribution in [0.1, 0.15) is 6.92 Å². The van der Waals surface area contributed by atoms with Crippen LogP contribution in [0.25, 0.3) is 0 Å². The van der Waals surface area contributed by atoms with Gasteiger partial charge in [0.05, 0.1) is 5.75 Å². The van der Waals surface area contributed by atoms with Crippen LogP contribution in [0.2, 0.25) is 0 Å². The Bertz CT molecular complexity index is 785. The lowest BCUT2D eigenvalue weighted by Gasteiger charge is -2.13.